The number of hydrogen-bond donors (Lipinski definition) is 0. The summed E-state index contributed by atoms with van der Waals surface area (Å²) in [6.07, 6.45) is 25.7. The summed E-state index contributed by atoms with van der Waals surface area (Å²) >= 11 is 0. The molecule has 4 aliphatic heterocycles. The molecule has 0 unspecified atom stereocenters. The predicted molar refractivity (Wildman–Crippen MR) is 151 cm³/mol. The zero-order chi connectivity index (χ0) is 27.0. The molecule has 0 N–H and O–H groups in total. The van der Waals surface area contributed by atoms with Crippen LogP contribution in [0.5, 0.6) is 0 Å². The Morgan fingerprint density at radius 1 is 0.513 bits per heavy atom. The van der Waals surface area contributed by atoms with Crippen molar-refractivity contribution in [2.75, 3.05) is 0 Å². The fourth-order valence-corrected chi connectivity index (χ4v) is 3.40. The van der Waals surface area contributed by atoms with Crippen molar-refractivity contribution >= 4 is 59.1 Å². The SMILES string of the molecule is C1=C[N-]c2c3c(ccc2=C1)=CC=C[N-]3.C1=C[N-]c2c3c(ccc2=C1)=CC=C[N-]3.N#CN=C=[N-].N#CN=C=[N-].[Ni+2]. The largest absolute Gasteiger partial charge is 2.00 e. The number of fused-ring (bicyclic) bond motifs is 6. The molecule has 2 aromatic carbocycles. The van der Waals surface area contributed by atoms with Gasteiger partial charge in [-0.05, 0) is 20.9 Å². The zero-order valence-corrected chi connectivity index (χ0v) is 21.0. The Hall–Kier alpha value is -5.69. The van der Waals surface area contributed by atoms with Gasteiger partial charge in [0.05, 0.1) is 12.4 Å². The van der Waals surface area contributed by atoms with Gasteiger partial charge in [0.25, 0.3) is 0 Å². The van der Waals surface area contributed by atoms with Crippen LogP contribution >= 0.6 is 0 Å². The van der Waals surface area contributed by atoms with Crippen LogP contribution in [0.2, 0.25) is 0 Å². The Bertz CT molecular complexity index is 1520. The van der Waals surface area contributed by atoms with Gasteiger partial charge in [0.2, 0.25) is 0 Å². The number of allylic oxidation sites excluding steroid dienone is 4. The van der Waals surface area contributed by atoms with Crippen molar-refractivity contribution < 1.29 is 16.5 Å². The molecule has 0 atom stereocenters. The molecule has 6 rings (SSSR count). The van der Waals surface area contributed by atoms with E-state index in [2.05, 4.69) is 79.8 Å². The van der Waals surface area contributed by atoms with E-state index in [9.17, 15) is 0 Å². The van der Waals surface area contributed by atoms with Crippen LogP contribution in [0.4, 0.5) is 22.7 Å². The van der Waals surface area contributed by atoms with Crippen LogP contribution in [0.25, 0.3) is 56.4 Å². The summed E-state index contributed by atoms with van der Waals surface area (Å²) in [6, 6.07) is 10.9. The first kappa shape index (κ1) is 29.5. The molecule has 0 radical (unpaired) electrons. The van der Waals surface area contributed by atoms with E-state index in [1.165, 1.54) is 24.4 Å². The number of hydrogen-bond acceptors (Lipinski definition) is 4. The zero-order valence-electron chi connectivity index (χ0n) is 20.0. The molecular weight excluding hydrogens is 535 g/mol. The third-order valence-electron chi connectivity index (χ3n) is 4.89. The molecule has 4 aliphatic rings. The van der Waals surface area contributed by atoms with Gasteiger partial charge in [-0.1, -0.05) is 72.9 Å². The smallest absolute Gasteiger partial charge is 0.665 e. The van der Waals surface area contributed by atoms with E-state index in [-0.39, 0.29) is 16.5 Å². The van der Waals surface area contributed by atoms with E-state index < -0.39 is 0 Å². The summed E-state index contributed by atoms with van der Waals surface area (Å²) in [5, 5.41) is 51.6. The fourth-order valence-electron chi connectivity index (χ4n) is 3.40. The molecule has 0 saturated carbocycles. The first-order valence-electron chi connectivity index (χ1n) is 10.9. The van der Waals surface area contributed by atoms with Crippen LogP contribution < -0.4 is 20.9 Å². The van der Waals surface area contributed by atoms with E-state index in [0.29, 0.717) is 0 Å². The fraction of sp³-hybridized carbons (Fsp3) is 0. The number of benzene rings is 2. The van der Waals surface area contributed by atoms with Crippen molar-refractivity contribution in [2.45, 2.75) is 0 Å². The summed E-state index contributed by atoms with van der Waals surface area (Å²) in [6.45, 7) is 0. The van der Waals surface area contributed by atoms with Crippen LogP contribution in [0.3, 0.4) is 0 Å². The van der Waals surface area contributed by atoms with Crippen LogP contribution in [0.15, 0.2) is 83.4 Å². The monoisotopic (exact) mass is 550 g/mol. The Kier molecular flexibility index (Phi) is 12.2. The molecule has 0 spiro atoms. The van der Waals surface area contributed by atoms with Gasteiger partial charge in [0.15, 0.2) is 0 Å². The number of rotatable bonds is 0. The Labute approximate surface area is 234 Å². The second-order valence-corrected chi connectivity index (χ2v) is 7.06. The Morgan fingerprint density at radius 2 is 0.769 bits per heavy atom. The van der Waals surface area contributed by atoms with Crippen molar-refractivity contribution in [1.82, 2.24) is 0 Å². The predicted octanol–water partition coefficient (Wildman–Crippen LogP) is 5.04. The van der Waals surface area contributed by atoms with E-state index in [4.69, 9.17) is 21.3 Å². The molecule has 10 nitrogen and oxygen atoms in total. The van der Waals surface area contributed by atoms with Crippen molar-refractivity contribution in [2.24, 2.45) is 9.98 Å². The number of nitrogens with zero attached hydrogens (tertiary/aromatic N) is 10. The molecule has 0 aromatic heterocycles. The van der Waals surface area contributed by atoms with Gasteiger partial charge in [0.1, 0.15) is 0 Å². The van der Waals surface area contributed by atoms with Gasteiger partial charge in [0, 0.05) is 0 Å². The average Bonchev–Trinajstić information content (AvgIpc) is 2.99. The van der Waals surface area contributed by atoms with Crippen molar-refractivity contribution in [3.63, 3.8) is 0 Å². The van der Waals surface area contributed by atoms with Gasteiger partial charge in [-0.15, -0.1) is 34.8 Å². The van der Waals surface area contributed by atoms with Gasteiger partial charge >= 0.3 is 16.5 Å². The maximum Gasteiger partial charge on any atom is 2.00 e. The van der Waals surface area contributed by atoms with Crippen molar-refractivity contribution in [3.8, 4) is 12.4 Å². The summed E-state index contributed by atoms with van der Waals surface area (Å²) in [7, 11) is 0. The third kappa shape index (κ3) is 8.16. The normalized spacial score (nSPS) is 12.1. The minimum absolute atomic E-state index is 0. The molecular formula is C28H16N10Ni-4. The van der Waals surface area contributed by atoms with Gasteiger partial charge in [-0.25, -0.2) is 0 Å². The molecule has 0 bridgehead atoms. The molecule has 0 fully saturated rings. The third-order valence-corrected chi connectivity index (χ3v) is 4.89. The topological polar surface area (TPSA) is 173 Å². The molecule has 39 heavy (non-hydrogen) atoms. The van der Waals surface area contributed by atoms with E-state index in [1.807, 2.05) is 24.3 Å². The van der Waals surface area contributed by atoms with Gasteiger partial charge < -0.3 is 42.1 Å². The number of nitriles is 2. The molecule has 11 heteroatoms. The molecule has 192 valence electrons. The van der Waals surface area contributed by atoms with E-state index in [1.54, 1.807) is 24.8 Å². The van der Waals surface area contributed by atoms with Crippen LogP contribution in [0.1, 0.15) is 0 Å². The summed E-state index contributed by atoms with van der Waals surface area (Å²) < 4.78 is 0. The first-order chi connectivity index (χ1) is 18.7. The Balaban J connectivity index is 0.000000202. The molecule has 0 amide bonds. The Morgan fingerprint density at radius 3 is 0.949 bits per heavy atom. The van der Waals surface area contributed by atoms with Crippen molar-refractivity contribution in [3.05, 3.63) is 126 Å². The summed E-state index contributed by atoms with van der Waals surface area (Å²) in [5.74, 6) is 0. The molecule has 4 heterocycles. The van der Waals surface area contributed by atoms with Crippen LogP contribution in [0, 0.1) is 22.9 Å². The van der Waals surface area contributed by atoms with Gasteiger partial charge in [-0.2, -0.15) is 35.3 Å². The van der Waals surface area contributed by atoms with Crippen LogP contribution in [-0.2, 0) is 16.5 Å². The van der Waals surface area contributed by atoms with E-state index >= 15 is 0 Å². The number of aliphatic imine (C=N–C) groups is 2. The quantitative estimate of drug-likeness (QED) is 0.254. The minimum atomic E-state index is 0. The van der Waals surface area contributed by atoms with Crippen molar-refractivity contribution in [1.29, 1.82) is 10.5 Å². The average molecular weight is 551 g/mol. The van der Waals surface area contributed by atoms with Gasteiger partial charge in [-0.3, -0.25) is 0 Å². The van der Waals surface area contributed by atoms with E-state index in [0.717, 1.165) is 43.6 Å². The molecule has 0 aliphatic carbocycles. The molecule has 0 saturated heterocycles. The second-order valence-electron chi connectivity index (χ2n) is 7.06. The first-order valence-corrected chi connectivity index (χ1v) is 10.9. The second kappa shape index (κ2) is 16.1. The molecule has 2 aromatic rings. The summed E-state index contributed by atoms with van der Waals surface area (Å²) in [5.41, 5.74) is 3.91. The standard InChI is InChI=1S/2C12H8N2.2C2N3.Ni/c2*1-3-9-5-6-10-4-2-8-14-12(10)11(9)13-7-1;2*3-1-5-2-4;/h2*1-8H;;;/q2*-2;2*-1;+2. The summed E-state index contributed by atoms with van der Waals surface area (Å²) in [4.78, 5) is 5.17. The maximum absolute atomic E-state index is 7.43. The minimum Gasteiger partial charge on any atom is -0.665 e. The maximum atomic E-state index is 7.43. The van der Waals surface area contributed by atoms with Crippen LogP contribution in [-0.4, -0.2) is 12.0 Å².